The smallest absolute Gasteiger partial charge is 0.00722 e. The molecule has 0 spiro atoms. The van der Waals surface area contributed by atoms with Crippen molar-refractivity contribution in [1.29, 1.82) is 0 Å². The van der Waals surface area contributed by atoms with Crippen molar-refractivity contribution in [1.82, 2.24) is 5.32 Å². The van der Waals surface area contributed by atoms with E-state index in [2.05, 4.69) is 31.3 Å². The minimum atomic E-state index is 0.572. The summed E-state index contributed by atoms with van der Waals surface area (Å²) in [4.78, 5) is 0. The first-order valence-corrected chi connectivity index (χ1v) is 7.04. The van der Waals surface area contributed by atoms with Crippen LogP contribution in [0.1, 0.15) is 58.8 Å². The van der Waals surface area contributed by atoms with Crippen LogP contribution in [0.3, 0.4) is 0 Å². The maximum atomic E-state index is 3.81. The summed E-state index contributed by atoms with van der Waals surface area (Å²) in [5, 5.41) is 3.81. The van der Waals surface area contributed by atoms with E-state index in [1.54, 1.807) is 0 Å². The van der Waals surface area contributed by atoms with E-state index >= 15 is 0 Å². The Kier molecular flexibility index (Phi) is 4.07. The highest BCUT2D eigenvalue weighted by molar-refractivity contribution is 4.91. The Morgan fingerprint density at radius 1 is 1.25 bits per heavy atom. The molecule has 1 fully saturated rings. The minimum absolute atomic E-state index is 0.572. The zero-order valence-electron chi connectivity index (χ0n) is 11.0. The maximum Gasteiger partial charge on any atom is 0.00722 e. The van der Waals surface area contributed by atoms with Crippen LogP contribution in [-0.4, -0.2) is 12.6 Å². The van der Waals surface area contributed by atoms with Crippen molar-refractivity contribution in [2.45, 2.75) is 64.8 Å². The third-order valence-electron chi connectivity index (χ3n) is 4.28. The van der Waals surface area contributed by atoms with Gasteiger partial charge in [-0.1, -0.05) is 32.4 Å². The topological polar surface area (TPSA) is 12.0 Å². The molecule has 16 heavy (non-hydrogen) atoms. The van der Waals surface area contributed by atoms with Crippen molar-refractivity contribution in [2.24, 2.45) is 11.3 Å². The van der Waals surface area contributed by atoms with Crippen LogP contribution >= 0.6 is 0 Å². The largest absolute Gasteiger partial charge is 0.314 e. The molecule has 0 amide bonds. The lowest BCUT2D eigenvalue weighted by molar-refractivity contribution is 0.193. The highest BCUT2D eigenvalue weighted by Crippen LogP contribution is 2.35. The number of rotatable bonds is 3. The quantitative estimate of drug-likeness (QED) is 0.713. The Bertz CT molecular complexity index is 242. The van der Waals surface area contributed by atoms with Crippen LogP contribution in [0.5, 0.6) is 0 Å². The summed E-state index contributed by atoms with van der Waals surface area (Å²) < 4.78 is 0. The van der Waals surface area contributed by atoms with Gasteiger partial charge in [0, 0.05) is 6.04 Å². The molecule has 2 atom stereocenters. The van der Waals surface area contributed by atoms with Gasteiger partial charge in [-0.2, -0.15) is 0 Å². The lowest BCUT2D eigenvalue weighted by atomic mass is 9.75. The van der Waals surface area contributed by atoms with Crippen LogP contribution < -0.4 is 5.32 Å². The van der Waals surface area contributed by atoms with Crippen molar-refractivity contribution < 1.29 is 0 Å². The molecule has 2 rings (SSSR count). The summed E-state index contributed by atoms with van der Waals surface area (Å²) in [6, 6.07) is 0.787. The fourth-order valence-electron chi connectivity index (χ4n) is 3.25. The van der Waals surface area contributed by atoms with Crippen molar-refractivity contribution in [3.8, 4) is 0 Å². The van der Waals surface area contributed by atoms with Crippen LogP contribution in [0.25, 0.3) is 0 Å². The van der Waals surface area contributed by atoms with Gasteiger partial charge in [0.1, 0.15) is 0 Å². The van der Waals surface area contributed by atoms with Crippen molar-refractivity contribution in [2.75, 3.05) is 6.54 Å². The van der Waals surface area contributed by atoms with E-state index in [-0.39, 0.29) is 0 Å². The Hall–Kier alpha value is -0.300. The van der Waals surface area contributed by atoms with Crippen LogP contribution in [0, 0.1) is 11.3 Å². The number of hydrogen-bond acceptors (Lipinski definition) is 1. The van der Waals surface area contributed by atoms with Gasteiger partial charge in [-0.25, -0.2) is 0 Å². The first kappa shape index (κ1) is 12.2. The van der Waals surface area contributed by atoms with E-state index in [0.717, 1.165) is 12.0 Å². The molecule has 1 saturated carbocycles. The van der Waals surface area contributed by atoms with Gasteiger partial charge in [0.25, 0.3) is 0 Å². The van der Waals surface area contributed by atoms with Crippen molar-refractivity contribution >= 4 is 0 Å². The molecular formula is C15H27N. The molecule has 0 radical (unpaired) electrons. The Morgan fingerprint density at radius 2 is 2.12 bits per heavy atom. The lowest BCUT2D eigenvalue weighted by Gasteiger charge is -2.36. The van der Waals surface area contributed by atoms with Gasteiger partial charge in [-0.3, -0.25) is 0 Å². The SMILES string of the molecule is CC1(C)CCCC(NCC2CC=CCC2)C1. The molecule has 1 nitrogen and oxygen atoms in total. The van der Waals surface area contributed by atoms with E-state index < -0.39 is 0 Å². The summed E-state index contributed by atoms with van der Waals surface area (Å²) in [7, 11) is 0. The van der Waals surface area contributed by atoms with Crippen molar-refractivity contribution in [3.63, 3.8) is 0 Å². The molecule has 1 N–H and O–H groups in total. The molecule has 92 valence electrons. The zero-order chi connectivity index (χ0) is 11.4. The van der Waals surface area contributed by atoms with E-state index in [0.29, 0.717) is 5.41 Å². The third kappa shape index (κ3) is 3.62. The van der Waals surface area contributed by atoms with E-state index in [1.165, 1.54) is 51.5 Å². The van der Waals surface area contributed by atoms with Gasteiger partial charge < -0.3 is 5.32 Å². The first-order valence-electron chi connectivity index (χ1n) is 7.04. The summed E-state index contributed by atoms with van der Waals surface area (Å²) in [6.07, 6.45) is 14.3. The van der Waals surface area contributed by atoms with Gasteiger partial charge in [0.05, 0.1) is 0 Å². The predicted molar refractivity (Wildman–Crippen MR) is 70.5 cm³/mol. The second-order valence-corrected chi connectivity index (χ2v) is 6.52. The highest BCUT2D eigenvalue weighted by atomic mass is 14.9. The molecule has 2 aliphatic rings. The molecule has 0 aromatic rings. The fourth-order valence-corrected chi connectivity index (χ4v) is 3.25. The predicted octanol–water partition coefficient (Wildman–Crippen LogP) is 3.90. The lowest BCUT2D eigenvalue weighted by Crippen LogP contribution is -2.39. The zero-order valence-corrected chi connectivity index (χ0v) is 11.0. The van der Waals surface area contributed by atoms with Crippen LogP contribution in [0.15, 0.2) is 12.2 Å². The van der Waals surface area contributed by atoms with Crippen molar-refractivity contribution in [3.05, 3.63) is 12.2 Å². The summed E-state index contributed by atoms with van der Waals surface area (Å²) in [6.45, 7) is 6.08. The summed E-state index contributed by atoms with van der Waals surface area (Å²) >= 11 is 0. The number of nitrogens with one attached hydrogen (secondary N) is 1. The van der Waals surface area contributed by atoms with Crippen LogP contribution in [0.4, 0.5) is 0 Å². The molecule has 0 aliphatic heterocycles. The molecular weight excluding hydrogens is 194 g/mol. The fraction of sp³-hybridized carbons (Fsp3) is 0.867. The maximum absolute atomic E-state index is 3.81. The number of hydrogen-bond donors (Lipinski definition) is 1. The second-order valence-electron chi connectivity index (χ2n) is 6.52. The average molecular weight is 221 g/mol. The second kappa shape index (κ2) is 5.35. The van der Waals surface area contributed by atoms with Gasteiger partial charge >= 0.3 is 0 Å². The average Bonchev–Trinajstić information content (AvgIpc) is 2.27. The summed E-state index contributed by atoms with van der Waals surface area (Å²) in [5.74, 6) is 0.898. The Balaban J connectivity index is 1.71. The van der Waals surface area contributed by atoms with Crippen LogP contribution in [-0.2, 0) is 0 Å². The molecule has 0 aromatic heterocycles. The standard InChI is InChI=1S/C15H27N/c1-15(2)10-6-9-14(11-15)16-12-13-7-4-3-5-8-13/h3-4,13-14,16H,5-12H2,1-2H3. The molecule has 0 saturated heterocycles. The number of allylic oxidation sites excluding steroid dienone is 2. The highest BCUT2D eigenvalue weighted by Gasteiger charge is 2.27. The van der Waals surface area contributed by atoms with Gasteiger partial charge in [0.15, 0.2) is 0 Å². The Labute approximate surface area is 101 Å². The molecule has 0 aromatic carbocycles. The van der Waals surface area contributed by atoms with Gasteiger partial charge in [0.2, 0.25) is 0 Å². The van der Waals surface area contributed by atoms with Crippen LogP contribution in [0.2, 0.25) is 0 Å². The monoisotopic (exact) mass is 221 g/mol. The molecule has 2 unspecified atom stereocenters. The van der Waals surface area contributed by atoms with E-state index in [9.17, 15) is 0 Å². The minimum Gasteiger partial charge on any atom is -0.314 e. The molecule has 1 heteroatoms. The normalized spacial score (nSPS) is 33.9. The third-order valence-corrected chi connectivity index (χ3v) is 4.28. The first-order chi connectivity index (χ1) is 7.66. The van der Waals surface area contributed by atoms with E-state index in [4.69, 9.17) is 0 Å². The van der Waals surface area contributed by atoms with E-state index in [1.807, 2.05) is 0 Å². The van der Waals surface area contributed by atoms with Gasteiger partial charge in [-0.15, -0.1) is 0 Å². The Morgan fingerprint density at radius 3 is 2.81 bits per heavy atom. The summed E-state index contributed by atoms with van der Waals surface area (Å²) in [5.41, 5.74) is 0.572. The molecule has 2 aliphatic carbocycles. The van der Waals surface area contributed by atoms with Gasteiger partial charge in [-0.05, 0) is 56.4 Å². The molecule has 0 bridgehead atoms. The molecule has 0 heterocycles.